The molecule has 0 bridgehead atoms. The Morgan fingerprint density at radius 2 is 1.25 bits per heavy atom. The number of carboxylic acid groups (broad SMARTS) is 1. The quantitative estimate of drug-likeness (QED) is 0.171. The van der Waals surface area contributed by atoms with Gasteiger partial charge in [0, 0.05) is 18.8 Å². The highest BCUT2D eigenvalue weighted by Gasteiger charge is 2.44. The molecule has 2 heterocycles. The van der Waals surface area contributed by atoms with Gasteiger partial charge in [0.25, 0.3) is 0 Å². The number of carbonyl (C=O) groups is 4. The zero-order chi connectivity index (χ0) is 31.2. The van der Waals surface area contributed by atoms with Gasteiger partial charge in [-0.25, -0.2) is 19.2 Å². The topological polar surface area (TPSA) is 135 Å². The number of hydrogen-bond donors (Lipinski definition) is 1. The second-order valence-electron chi connectivity index (χ2n) is 9.94. The Morgan fingerprint density at radius 1 is 0.727 bits per heavy atom. The molecule has 10 heteroatoms. The van der Waals surface area contributed by atoms with Crippen LogP contribution in [-0.4, -0.2) is 60.5 Å². The Balaban J connectivity index is 0.000000187. The molecule has 6 rings (SSSR count). The van der Waals surface area contributed by atoms with Gasteiger partial charge in [-0.2, -0.15) is 0 Å². The van der Waals surface area contributed by atoms with Crippen LogP contribution < -0.4 is 9.47 Å². The molecule has 2 fully saturated rings. The molecule has 0 saturated carbocycles. The standard InChI is InChI=1S/C20H18O6.C14H10O4/c1-2-18(21)25-15-6-5-12-9-14(4-3-13(12)10-15)20(22)26-17-11-24-16-7-8-23-19(16)17;1-2-13(15)18-12-6-5-9-7-11(14(16)17)4-3-10(9)8-12/h2-6,9-10,16-17,19H,1,7-8,11H2;2-8H,1H2,(H,16,17)/t16?,17-,19?;/m1./s1. The number of esters is 3. The van der Waals surface area contributed by atoms with Crippen molar-refractivity contribution in [1.82, 2.24) is 0 Å². The molecule has 224 valence electrons. The number of hydrogen-bond acceptors (Lipinski definition) is 9. The summed E-state index contributed by atoms with van der Waals surface area (Å²) in [6.45, 7) is 7.68. The zero-order valence-corrected chi connectivity index (χ0v) is 23.5. The van der Waals surface area contributed by atoms with Crippen molar-refractivity contribution in [3.63, 3.8) is 0 Å². The van der Waals surface area contributed by atoms with Crippen LogP contribution in [0.2, 0.25) is 0 Å². The van der Waals surface area contributed by atoms with E-state index in [4.69, 9.17) is 28.8 Å². The fraction of sp³-hybridized carbons (Fsp3) is 0.176. The van der Waals surface area contributed by atoms with Crippen molar-refractivity contribution in [2.24, 2.45) is 0 Å². The first-order valence-electron chi connectivity index (χ1n) is 13.7. The molecule has 2 unspecified atom stereocenters. The Hall–Kier alpha value is -5.32. The third-order valence-corrected chi connectivity index (χ3v) is 7.05. The average molecular weight is 597 g/mol. The van der Waals surface area contributed by atoms with Crippen molar-refractivity contribution >= 4 is 45.4 Å². The Kier molecular flexibility index (Phi) is 9.13. The highest BCUT2D eigenvalue weighted by Crippen LogP contribution is 2.29. The van der Waals surface area contributed by atoms with E-state index < -0.39 is 23.9 Å². The number of ether oxygens (including phenoxy) is 5. The maximum atomic E-state index is 12.5. The normalized spacial score (nSPS) is 18.4. The van der Waals surface area contributed by atoms with Gasteiger partial charge < -0.3 is 28.8 Å². The van der Waals surface area contributed by atoms with Gasteiger partial charge in [-0.05, 0) is 76.5 Å². The molecule has 0 radical (unpaired) electrons. The molecule has 44 heavy (non-hydrogen) atoms. The molecule has 2 saturated heterocycles. The molecule has 2 aliphatic heterocycles. The van der Waals surface area contributed by atoms with E-state index in [0.717, 1.165) is 40.1 Å². The van der Waals surface area contributed by atoms with E-state index in [0.29, 0.717) is 30.3 Å². The van der Waals surface area contributed by atoms with E-state index in [9.17, 15) is 19.2 Å². The van der Waals surface area contributed by atoms with Gasteiger partial charge in [-0.15, -0.1) is 0 Å². The van der Waals surface area contributed by atoms with Crippen molar-refractivity contribution in [2.45, 2.75) is 24.7 Å². The predicted octanol–water partition coefficient (Wildman–Crippen LogP) is 5.27. The minimum Gasteiger partial charge on any atom is -0.478 e. The molecule has 4 aromatic rings. The molecule has 10 nitrogen and oxygen atoms in total. The highest BCUT2D eigenvalue weighted by molar-refractivity contribution is 5.97. The summed E-state index contributed by atoms with van der Waals surface area (Å²) in [6, 6.07) is 20.1. The number of carboxylic acids is 1. The van der Waals surface area contributed by atoms with Crippen LogP contribution in [0, 0.1) is 0 Å². The lowest BCUT2D eigenvalue weighted by Gasteiger charge is -2.16. The molecule has 3 atom stereocenters. The van der Waals surface area contributed by atoms with Crippen molar-refractivity contribution in [1.29, 1.82) is 0 Å². The summed E-state index contributed by atoms with van der Waals surface area (Å²) < 4.78 is 26.9. The first kappa shape index (κ1) is 30.1. The molecule has 4 aromatic carbocycles. The molecule has 1 N–H and O–H groups in total. The summed E-state index contributed by atoms with van der Waals surface area (Å²) in [5, 5.41) is 12.1. The fourth-order valence-electron chi connectivity index (χ4n) is 4.89. The van der Waals surface area contributed by atoms with E-state index in [-0.39, 0.29) is 23.9 Å². The van der Waals surface area contributed by atoms with Gasteiger partial charge in [0.1, 0.15) is 17.6 Å². The summed E-state index contributed by atoms with van der Waals surface area (Å²) in [5.41, 5.74) is 0.674. The Labute approximate surface area is 252 Å². The second kappa shape index (κ2) is 13.3. The summed E-state index contributed by atoms with van der Waals surface area (Å²) in [4.78, 5) is 45.6. The fourth-order valence-corrected chi connectivity index (χ4v) is 4.89. The maximum absolute atomic E-state index is 12.5. The highest BCUT2D eigenvalue weighted by atomic mass is 16.6. The van der Waals surface area contributed by atoms with Gasteiger partial charge in [0.15, 0.2) is 6.10 Å². The molecule has 0 aliphatic carbocycles. The van der Waals surface area contributed by atoms with Crippen molar-refractivity contribution in [3.8, 4) is 11.5 Å². The predicted molar refractivity (Wildman–Crippen MR) is 160 cm³/mol. The summed E-state index contributed by atoms with van der Waals surface area (Å²) in [7, 11) is 0. The van der Waals surface area contributed by atoms with E-state index in [1.54, 1.807) is 66.7 Å². The smallest absolute Gasteiger partial charge is 0.338 e. The average Bonchev–Trinajstić information content (AvgIpc) is 3.65. The molecule has 0 aromatic heterocycles. The third kappa shape index (κ3) is 7.00. The minimum atomic E-state index is -0.973. The molecule has 0 spiro atoms. The lowest BCUT2D eigenvalue weighted by Crippen LogP contribution is -2.32. The van der Waals surface area contributed by atoms with Crippen molar-refractivity contribution < 1.29 is 48.0 Å². The lowest BCUT2D eigenvalue weighted by atomic mass is 10.1. The minimum absolute atomic E-state index is 0.0288. The Morgan fingerprint density at radius 3 is 1.82 bits per heavy atom. The number of fused-ring (bicyclic) bond motifs is 3. The Bertz CT molecular complexity index is 1780. The summed E-state index contributed by atoms with van der Waals surface area (Å²) in [6.07, 6.45) is 2.52. The molecular formula is C34H28O10. The van der Waals surface area contributed by atoms with Gasteiger partial charge in [-0.3, -0.25) is 0 Å². The first-order chi connectivity index (χ1) is 21.2. The SMILES string of the molecule is C=CC(=O)Oc1ccc2cc(C(=O)O)ccc2c1.C=CC(=O)Oc1ccc2cc(C(=O)O[C@@H]3COC4CCOC43)ccc2c1. The third-order valence-electron chi connectivity index (χ3n) is 7.05. The van der Waals surface area contributed by atoms with Gasteiger partial charge in [0.2, 0.25) is 0 Å². The van der Waals surface area contributed by atoms with Gasteiger partial charge in [-0.1, -0.05) is 37.4 Å². The molecular weight excluding hydrogens is 568 g/mol. The van der Waals surface area contributed by atoms with Crippen LogP contribution in [0.4, 0.5) is 0 Å². The van der Waals surface area contributed by atoms with Crippen LogP contribution in [0.25, 0.3) is 21.5 Å². The first-order valence-corrected chi connectivity index (χ1v) is 13.7. The second-order valence-corrected chi connectivity index (χ2v) is 9.94. The summed E-state index contributed by atoms with van der Waals surface area (Å²) in [5.74, 6) is -1.61. The van der Waals surface area contributed by atoms with Crippen LogP contribution in [0.5, 0.6) is 11.5 Å². The van der Waals surface area contributed by atoms with Crippen molar-refractivity contribution in [2.75, 3.05) is 13.2 Å². The summed E-state index contributed by atoms with van der Waals surface area (Å²) >= 11 is 0. The van der Waals surface area contributed by atoms with Crippen LogP contribution in [-0.2, 0) is 23.8 Å². The van der Waals surface area contributed by atoms with Crippen LogP contribution in [0.3, 0.4) is 0 Å². The number of rotatable bonds is 7. The number of benzene rings is 4. The number of aromatic carboxylic acids is 1. The van der Waals surface area contributed by atoms with E-state index >= 15 is 0 Å². The number of carbonyl (C=O) groups excluding carboxylic acids is 3. The largest absolute Gasteiger partial charge is 0.478 e. The van der Waals surface area contributed by atoms with E-state index in [2.05, 4.69) is 13.2 Å². The van der Waals surface area contributed by atoms with Crippen LogP contribution in [0.15, 0.2) is 98.1 Å². The monoisotopic (exact) mass is 596 g/mol. The van der Waals surface area contributed by atoms with Crippen LogP contribution >= 0.6 is 0 Å². The lowest BCUT2D eigenvalue weighted by molar-refractivity contribution is -0.129. The van der Waals surface area contributed by atoms with Crippen LogP contribution in [0.1, 0.15) is 27.1 Å². The van der Waals surface area contributed by atoms with Crippen molar-refractivity contribution in [3.05, 3.63) is 109 Å². The van der Waals surface area contributed by atoms with E-state index in [1.807, 2.05) is 0 Å². The molecule has 2 aliphatic rings. The van der Waals surface area contributed by atoms with Gasteiger partial charge >= 0.3 is 23.9 Å². The zero-order valence-electron chi connectivity index (χ0n) is 23.5. The van der Waals surface area contributed by atoms with Gasteiger partial charge in [0.05, 0.1) is 23.8 Å². The van der Waals surface area contributed by atoms with E-state index in [1.165, 1.54) is 6.07 Å². The molecule has 0 amide bonds. The maximum Gasteiger partial charge on any atom is 0.338 e.